The Morgan fingerprint density at radius 3 is 2.46 bits per heavy atom. The SMILES string of the molecule is O=C(C1COCCC1S(=O)(=O)c1ccc(Oc2ccccc2Cl)cc1)N(O)O. The minimum Gasteiger partial charge on any atom is -0.456 e. The zero-order valence-corrected chi connectivity index (χ0v) is 16.1. The van der Waals surface area contributed by atoms with Gasteiger partial charge in [-0.05, 0) is 42.8 Å². The number of sulfone groups is 1. The van der Waals surface area contributed by atoms with Gasteiger partial charge in [0.1, 0.15) is 11.5 Å². The molecule has 0 radical (unpaired) electrons. The molecule has 0 aromatic heterocycles. The van der Waals surface area contributed by atoms with Gasteiger partial charge in [-0.3, -0.25) is 15.2 Å². The third-order valence-electron chi connectivity index (χ3n) is 4.42. The fraction of sp³-hybridized carbons (Fsp3) is 0.278. The molecule has 8 nitrogen and oxygen atoms in total. The van der Waals surface area contributed by atoms with Crippen LogP contribution in [0.5, 0.6) is 11.5 Å². The molecule has 0 bridgehead atoms. The molecule has 1 saturated heterocycles. The van der Waals surface area contributed by atoms with E-state index in [1.54, 1.807) is 24.3 Å². The number of nitrogens with zero attached hydrogens (tertiary/aromatic N) is 1. The van der Waals surface area contributed by atoms with Crippen molar-refractivity contribution in [2.75, 3.05) is 13.2 Å². The fourth-order valence-electron chi connectivity index (χ4n) is 2.99. The van der Waals surface area contributed by atoms with Crippen molar-refractivity contribution in [3.63, 3.8) is 0 Å². The van der Waals surface area contributed by atoms with Crippen LogP contribution in [-0.2, 0) is 19.4 Å². The minimum atomic E-state index is -3.92. The maximum atomic E-state index is 13.0. The van der Waals surface area contributed by atoms with Gasteiger partial charge < -0.3 is 9.47 Å². The van der Waals surface area contributed by atoms with E-state index in [0.29, 0.717) is 16.5 Å². The van der Waals surface area contributed by atoms with Crippen molar-refractivity contribution >= 4 is 27.3 Å². The molecule has 150 valence electrons. The highest BCUT2D eigenvalue weighted by atomic mass is 35.5. The molecule has 2 unspecified atom stereocenters. The smallest absolute Gasteiger partial charge is 0.279 e. The molecule has 1 fully saturated rings. The molecule has 0 saturated carbocycles. The molecular formula is C18H18ClNO7S. The van der Waals surface area contributed by atoms with E-state index in [9.17, 15) is 13.2 Å². The standard InChI is InChI=1S/C18H18ClNO7S/c19-15-3-1-2-4-16(15)27-12-5-7-13(8-6-12)28(24,25)17-9-10-26-11-14(17)18(21)20(22)23/h1-8,14,17,22-23H,9-11H2. The first-order valence-corrected chi connectivity index (χ1v) is 10.3. The summed E-state index contributed by atoms with van der Waals surface area (Å²) < 4.78 is 36.8. The third-order valence-corrected chi connectivity index (χ3v) is 7.03. The van der Waals surface area contributed by atoms with Gasteiger partial charge in [0, 0.05) is 6.61 Å². The van der Waals surface area contributed by atoms with Crippen LogP contribution in [0.15, 0.2) is 53.4 Å². The molecule has 2 N–H and O–H groups in total. The fourth-order valence-corrected chi connectivity index (χ4v) is 5.07. The van der Waals surface area contributed by atoms with Crippen molar-refractivity contribution in [3.8, 4) is 11.5 Å². The van der Waals surface area contributed by atoms with E-state index in [1.807, 2.05) is 0 Å². The number of hydrogen-bond donors (Lipinski definition) is 2. The van der Waals surface area contributed by atoms with Crippen molar-refractivity contribution in [1.29, 1.82) is 0 Å². The third kappa shape index (κ3) is 4.29. The average molecular weight is 428 g/mol. The molecule has 1 amide bonds. The van der Waals surface area contributed by atoms with Crippen molar-refractivity contribution in [2.45, 2.75) is 16.6 Å². The summed E-state index contributed by atoms with van der Waals surface area (Å²) in [6.07, 6.45) is 0.0600. The Bertz CT molecular complexity index is 947. The van der Waals surface area contributed by atoms with Gasteiger partial charge in [-0.1, -0.05) is 29.0 Å². The summed E-state index contributed by atoms with van der Waals surface area (Å²) in [6, 6.07) is 12.6. The van der Waals surface area contributed by atoms with Crippen LogP contribution in [-0.4, -0.2) is 48.4 Å². The Kier molecular flexibility index (Phi) is 6.21. The van der Waals surface area contributed by atoms with Crippen molar-refractivity contribution in [3.05, 3.63) is 53.6 Å². The Labute approximate surface area is 166 Å². The van der Waals surface area contributed by atoms with Gasteiger partial charge in [0.15, 0.2) is 9.84 Å². The monoisotopic (exact) mass is 427 g/mol. The molecule has 2 atom stereocenters. The Balaban J connectivity index is 1.83. The Morgan fingerprint density at radius 1 is 1.14 bits per heavy atom. The van der Waals surface area contributed by atoms with E-state index in [-0.39, 0.29) is 24.5 Å². The summed E-state index contributed by atoms with van der Waals surface area (Å²) in [7, 11) is -3.92. The minimum absolute atomic E-state index is 0.00821. The van der Waals surface area contributed by atoms with E-state index >= 15 is 0 Å². The number of carbonyl (C=O) groups excluding carboxylic acids is 1. The molecule has 1 aliphatic heterocycles. The van der Waals surface area contributed by atoms with Gasteiger partial charge in [-0.15, -0.1) is 0 Å². The van der Waals surface area contributed by atoms with Crippen LogP contribution in [0, 0.1) is 5.92 Å². The highest BCUT2D eigenvalue weighted by Gasteiger charge is 2.42. The van der Waals surface area contributed by atoms with Crippen LogP contribution in [0.2, 0.25) is 5.02 Å². The maximum absolute atomic E-state index is 13.0. The predicted molar refractivity (Wildman–Crippen MR) is 98.3 cm³/mol. The number of rotatable bonds is 5. The van der Waals surface area contributed by atoms with E-state index in [4.69, 9.17) is 31.5 Å². The second-order valence-corrected chi connectivity index (χ2v) is 8.76. The van der Waals surface area contributed by atoms with Crippen LogP contribution in [0.1, 0.15) is 6.42 Å². The predicted octanol–water partition coefficient (Wildman–Crippen LogP) is 2.92. The number of para-hydroxylation sites is 1. The summed E-state index contributed by atoms with van der Waals surface area (Å²) >= 11 is 6.04. The number of ether oxygens (including phenoxy) is 2. The van der Waals surface area contributed by atoms with E-state index < -0.39 is 32.1 Å². The molecule has 1 aliphatic rings. The van der Waals surface area contributed by atoms with Crippen molar-refractivity contribution in [1.82, 2.24) is 5.23 Å². The van der Waals surface area contributed by atoms with Crippen LogP contribution in [0.4, 0.5) is 0 Å². The number of benzene rings is 2. The highest BCUT2D eigenvalue weighted by molar-refractivity contribution is 7.92. The first-order valence-electron chi connectivity index (χ1n) is 8.36. The van der Waals surface area contributed by atoms with Crippen LogP contribution in [0.25, 0.3) is 0 Å². The van der Waals surface area contributed by atoms with Gasteiger partial charge in [0.2, 0.25) is 0 Å². The molecule has 0 aliphatic carbocycles. The number of amides is 1. The zero-order chi connectivity index (χ0) is 20.3. The van der Waals surface area contributed by atoms with Gasteiger partial charge >= 0.3 is 0 Å². The highest BCUT2D eigenvalue weighted by Crippen LogP contribution is 2.32. The van der Waals surface area contributed by atoms with E-state index in [1.165, 1.54) is 24.3 Å². The number of hydrogen-bond acceptors (Lipinski definition) is 7. The molecule has 1 heterocycles. The first-order chi connectivity index (χ1) is 13.3. The average Bonchev–Trinajstić information content (AvgIpc) is 2.69. The molecule has 2 aromatic carbocycles. The lowest BCUT2D eigenvalue weighted by Gasteiger charge is -2.30. The Hall–Kier alpha value is -2.17. The molecule has 0 spiro atoms. The quantitative estimate of drug-likeness (QED) is 0.557. The zero-order valence-electron chi connectivity index (χ0n) is 14.6. The molecular weight excluding hydrogens is 410 g/mol. The summed E-state index contributed by atoms with van der Waals surface area (Å²) in [6.45, 7) is -0.0632. The lowest BCUT2D eigenvalue weighted by Crippen LogP contribution is -2.46. The molecule has 2 aromatic rings. The van der Waals surface area contributed by atoms with Crippen LogP contribution >= 0.6 is 11.6 Å². The topological polar surface area (TPSA) is 113 Å². The van der Waals surface area contributed by atoms with Gasteiger partial charge in [0.25, 0.3) is 5.91 Å². The van der Waals surface area contributed by atoms with Crippen LogP contribution in [0.3, 0.4) is 0 Å². The molecule has 3 rings (SSSR count). The second kappa shape index (κ2) is 8.46. The van der Waals surface area contributed by atoms with Crippen molar-refractivity contribution in [2.24, 2.45) is 5.92 Å². The largest absolute Gasteiger partial charge is 0.456 e. The maximum Gasteiger partial charge on any atom is 0.279 e. The van der Waals surface area contributed by atoms with Crippen molar-refractivity contribution < 1.29 is 33.1 Å². The first kappa shape index (κ1) is 20.6. The summed E-state index contributed by atoms with van der Waals surface area (Å²) in [4.78, 5) is 11.9. The van der Waals surface area contributed by atoms with Crippen LogP contribution < -0.4 is 4.74 Å². The lowest BCUT2D eigenvalue weighted by molar-refractivity contribution is -0.289. The lowest BCUT2D eigenvalue weighted by atomic mass is 10.0. The summed E-state index contributed by atoms with van der Waals surface area (Å²) in [5.74, 6) is -1.52. The van der Waals surface area contributed by atoms with E-state index in [0.717, 1.165) is 0 Å². The Morgan fingerprint density at radius 2 is 1.82 bits per heavy atom. The number of carbonyl (C=O) groups is 1. The van der Waals surface area contributed by atoms with E-state index in [2.05, 4.69) is 0 Å². The van der Waals surface area contributed by atoms with Gasteiger partial charge in [-0.25, -0.2) is 8.42 Å². The summed E-state index contributed by atoms with van der Waals surface area (Å²) in [5.41, 5.74) is 0. The van der Waals surface area contributed by atoms with Gasteiger partial charge in [0.05, 0.1) is 27.7 Å². The summed E-state index contributed by atoms with van der Waals surface area (Å²) in [5, 5.41) is 16.7. The second-order valence-electron chi connectivity index (χ2n) is 6.19. The number of halogens is 1. The molecule has 10 heteroatoms. The normalized spacial score (nSPS) is 19.8. The van der Waals surface area contributed by atoms with Gasteiger partial charge in [-0.2, -0.15) is 0 Å². The number of hydroxylamine groups is 2. The molecule has 28 heavy (non-hydrogen) atoms.